The number of benzene rings is 1. The fourth-order valence-electron chi connectivity index (χ4n) is 1.44. The molecule has 1 aromatic heterocycles. The molecule has 0 radical (unpaired) electrons. The standard InChI is InChI=1S/C10H8ClNO/c11-7-2-1-3-8-9(7)13-10(12-8)6-4-5-6/h1-3,6H,4-5H2. The molecule has 0 saturated heterocycles. The number of nitrogens with zero attached hydrogens (tertiary/aromatic N) is 1. The topological polar surface area (TPSA) is 26.0 Å². The molecule has 0 N–H and O–H groups in total. The molecule has 1 saturated carbocycles. The van der Waals surface area contributed by atoms with Crippen molar-refractivity contribution in [1.82, 2.24) is 4.98 Å². The lowest BCUT2D eigenvalue weighted by atomic mass is 10.3. The summed E-state index contributed by atoms with van der Waals surface area (Å²) in [5.41, 5.74) is 1.60. The number of hydrogen-bond acceptors (Lipinski definition) is 2. The zero-order valence-corrected chi connectivity index (χ0v) is 7.71. The molecule has 66 valence electrons. The van der Waals surface area contributed by atoms with Crippen LogP contribution in [0.1, 0.15) is 24.7 Å². The summed E-state index contributed by atoms with van der Waals surface area (Å²) in [4.78, 5) is 4.38. The summed E-state index contributed by atoms with van der Waals surface area (Å²) in [5, 5.41) is 0.650. The van der Waals surface area contributed by atoms with Gasteiger partial charge in [0, 0.05) is 5.92 Å². The van der Waals surface area contributed by atoms with Gasteiger partial charge in [-0.3, -0.25) is 0 Å². The first kappa shape index (κ1) is 7.39. The van der Waals surface area contributed by atoms with Crippen molar-refractivity contribution in [3.8, 4) is 0 Å². The first-order valence-corrected chi connectivity index (χ1v) is 4.77. The monoisotopic (exact) mass is 193 g/mol. The number of hydrogen-bond donors (Lipinski definition) is 0. The maximum atomic E-state index is 5.96. The summed E-state index contributed by atoms with van der Waals surface area (Å²) in [6, 6.07) is 5.65. The van der Waals surface area contributed by atoms with E-state index in [1.54, 1.807) is 0 Å². The summed E-state index contributed by atoms with van der Waals surface area (Å²) in [5.74, 6) is 1.39. The van der Waals surface area contributed by atoms with Crippen LogP contribution < -0.4 is 0 Å². The van der Waals surface area contributed by atoms with Gasteiger partial charge in [-0.15, -0.1) is 0 Å². The van der Waals surface area contributed by atoms with Crippen LogP contribution in [0, 0.1) is 0 Å². The highest BCUT2D eigenvalue weighted by Gasteiger charge is 2.29. The van der Waals surface area contributed by atoms with Gasteiger partial charge in [-0.1, -0.05) is 17.7 Å². The van der Waals surface area contributed by atoms with Gasteiger partial charge >= 0.3 is 0 Å². The van der Waals surface area contributed by atoms with Crippen molar-refractivity contribution >= 4 is 22.7 Å². The molecule has 1 aliphatic carbocycles. The average molecular weight is 194 g/mol. The van der Waals surface area contributed by atoms with Crippen LogP contribution in [-0.2, 0) is 0 Å². The number of oxazole rings is 1. The van der Waals surface area contributed by atoms with E-state index in [0.29, 0.717) is 10.9 Å². The van der Waals surface area contributed by atoms with E-state index >= 15 is 0 Å². The summed E-state index contributed by atoms with van der Waals surface area (Å²) in [6.07, 6.45) is 2.40. The van der Waals surface area contributed by atoms with E-state index in [4.69, 9.17) is 16.0 Å². The molecular formula is C10H8ClNO. The average Bonchev–Trinajstić information content (AvgIpc) is 2.87. The molecule has 0 amide bonds. The molecule has 0 aliphatic heterocycles. The van der Waals surface area contributed by atoms with Crippen LogP contribution in [0.2, 0.25) is 5.02 Å². The number of halogens is 1. The molecule has 1 aliphatic rings. The van der Waals surface area contributed by atoms with Gasteiger partial charge in [0.25, 0.3) is 0 Å². The first-order chi connectivity index (χ1) is 6.34. The molecule has 0 spiro atoms. The Labute approximate surface area is 80.5 Å². The smallest absolute Gasteiger partial charge is 0.198 e. The third kappa shape index (κ3) is 1.13. The van der Waals surface area contributed by atoms with Crippen LogP contribution in [0.15, 0.2) is 22.6 Å². The van der Waals surface area contributed by atoms with Gasteiger partial charge < -0.3 is 4.42 Å². The van der Waals surface area contributed by atoms with E-state index in [9.17, 15) is 0 Å². The van der Waals surface area contributed by atoms with Crippen LogP contribution in [0.5, 0.6) is 0 Å². The highest BCUT2D eigenvalue weighted by molar-refractivity contribution is 6.34. The van der Waals surface area contributed by atoms with Crippen molar-refractivity contribution in [3.63, 3.8) is 0 Å². The number of aromatic nitrogens is 1. The predicted molar refractivity (Wildman–Crippen MR) is 51.0 cm³/mol. The lowest BCUT2D eigenvalue weighted by Gasteiger charge is -1.87. The zero-order chi connectivity index (χ0) is 8.84. The molecule has 3 rings (SSSR count). The largest absolute Gasteiger partial charge is 0.439 e. The molecule has 13 heavy (non-hydrogen) atoms. The van der Waals surface area contributed by atoms with Gasteiger partial charge in [-0.2, -0.15) is 0 Å². The fraction of sp³-hybridized carbons (Fsp3) is 0.300. The fourth-order valence-corrected chi connectivity index (χ4v) is 1.65. The van der Waals surface area contributed by atoms with Crippen LogP contribution in [0.25, 0.3) is 11.1 Å². The molecule has 0 atom stereocenters. The normalized spacial score (nSPS) is 16.7. The zero-order valence-electron chi connectivity index (χ0n) is 6.96. The van der Waals surface area contributed by atoms with Gasteiger partial charge in [-0.25, -0.2) is 4.98 Å². The molecule has 1 fully saturated rings. The molecule has 0 bridgehead atoms. The van der Waals surface area contributed by atoms with Gasteiger partial charge in [0.05, 0.1) is 5.02 Å². The van der Waals surface area contributed by atoms with Crippen LogP contribution in [0.3, 0.4) is 0 Å². The third-order valence-electron chi connectivity index (χ3n) is 2.31. The van der Waals surface area contributed by atoms with Crippen molar-refractivity contribution in [2.75, 3.05) is 0 Å². The second-order valence-electron chi connectivity index (χ2n) is 3.41. The Kier molecular flexibility index (Phi) is 1.41. The molecule has 1 heterocycles. The van der Waals surface area contributed by atoms with E-state index in [0.717, 1.165) is 17.0 Å². The quantitative estimate of drug-likeness (QED) is 0.694. The molecule has 3 heteroatoms. The highest BCUT2D eigenvalue weighted by atomic mass is 35.5. The van der Waals surface area contributed by atoms with Gasteiger partial charge in [-0.05, 0) is 25.0 Å². The van der Waals surface area contributed by atoms with Gasteiger partial charge in [0.15, 0.2) is 11.5 Å². The molecule has 1 aromatic carbocycles. The van der Waals surface area contributed by atoms with Crippen molar-refractivity contribution in [3.05, 3.63) is 29.1 Å². The number of fused-ring (bicyclic) bond motifs is 1. The predicted octanol–water partition coefficient (Wildman–Crippen LogP) is 3.36. The van der Waals surface area contributed by atoms with Crippen LogP contribution >= 0.6 is 11.6 Å². The van der Waals surface area contributed by atoms with Gasteiger partial charge in [0.2, 0.25) is 0 Å². The van der Waals surface area contributed by atoms with Crippen molar-refractivity contribution < 1.29 is 4.42 Å². The van der Waals surface area contributed by atoms with E-state index in [-0.39, 0.29) is 0 Å². The second kappa shape index (κ2) is 2.48. The summed E-state index contributed by atoms with van der Waals surface area (Å²) in [7, 11) is 0. The first-order valence-electron chi connectivity index (χ1n) is 4.39. The van der Waals surface area contributed by atoms with Crippen molar-refractivity contribution in [2.24, 2.45) is 0 Å². The molecule has 2 aromatic rings. The minimum atomic E-state index is 0.545. The van der Waals surface area contributed by atoms with Crippen LogP contribution in [-0.4, -0.2) is 4.98 Å². The van der Waals surface area contributed by atoms with E-state index in [2.05, 4.69) is 4.98 Å². The highest BCUT2D eigenvalue weighted by Crippen LogP contribution is 2.41. The Balaban J connectivity index is 2.26. The van der Waals surface area contributed by atoms with Crippen molar-refractivity contribution in [1.29, 1.82) is 0 Å². The number of para-hydroxylation sites is 1. The Morgan fingerprint density at radius 3 is 2.92 bits per heavy atom. The second-order valence-corrected chi connectivity index (χ2v) is 3.82. The summed E-state index contributed by atoms with van der Waals surface area (Å²) < 4.78 is 5.58. The minimum Gasteiger partial charge on any atom is -0.439 e. The maximum Gasteiger partial charge on any atom is 0.198 e. The van der Waals surface area contributed by atoms with E-state index in [1.807, 2.05) is 18.2 Å². The van der Waals surface area contributed by atoms with Gasteiger partial charge in [0.1, 0.15) is 5.52 Å². The minimum absolute atomic E-state index is 0.545. The van der Waals surface area contributed by atoms with Crippen LogP contribution in [0.4, 0.5) is 0 Å². The summed E-state index contributed by atoms with van der Waals surface area (Å²) >= 11 is 5.96. The van der Waals surface area contributed by atoms with E-state index in [1.165, 1.54) is 12.8 Å². The number of rotatable bonds is 1. The Morgan fingerprint density at radius 1 is 1.38 bits per heavy atom. The molecule has 2 nitrogen and oxygen atoms in total. The van der Waals surface area contributed by atoms with E-state index < -0.39 is 0 Å². The SMILES string of the molecule is Clc1cccc2nc(C3CC3)oc12. The Hall–Kier alpha value is -1.02. The summed E-state index contributed by atoms with van der Waals surface area (Å²) in [6.45, 7) is 0. The lowest BCUT2D eigenvalue weighted by Crippen LogP contribution is -1.74. The lowest BCUT2D eigenvalue weighted by molar-refractivity contribution is 0.533. The van der Waals surface area contributed by atoms with Crippen molar-refractivity contribution in [2.45, 2.75) is 18.8 Å². The third-order valence-corrected chi connectivity index (χ3v) is 2.61. The Morgan fingerprint density at radius 2 is 2.23 bits per heavy atom. The maximum absolute atomic E-state index is 5.96. The molecule has 0 unspecified atom stereocenters. The molecular weight excluding hydrogens is 186 g/mol. The Bertz CT molecular complexity index is 459.